The minimum atomic E-state index is -0.723. The molecule has 2 aliphatic heterocycles. The average Bonchev–Trinajstić information content (AvgIpc) is 3.53. The number of hydrogen-bond acceptors (Lipinski definition) is 6. The molecule has 2 aliphatic rings. The third kappa shape index (κ3) is 6.66. The normalized spacial score (nSPS) is 21.0. The summed E-state index contributed by atoms with van der Waals surface area (Å²) in [7, 11) is 1.31. The zero-order valence-electron chi connectivity index (χ0n) is 24.0. The number of ether oxygens (including phenoxy) is 5. The van der Waals surface area contributed by atoms with Crippen LogP contribution in [0.3, 0.4) is 0 Å². The molecule has 0 bridgehead atoms. The van der Waals surface area contributed by atoms with Gasteiger partial charge in [-0.2, -0.15) is 0 Å². The minimum Gasteiger partial charge on any atom is -0.489 e. The highest BCUT2D eigenvalue weighted by Gasteiger charge is 2.48. The number of aryl methyl sites for hydroxylation is 1. The van der Waals surface area contributed by atoms with Crippen LogP contribution in [0.4, 0.5) is 0 Å². The van der Waals surface area contributed by atoms with Crippen molar-refractivity contribution in [1.29, 1.82) is 0 Å². The highest BCUT2D eigenvalue weighted by Crippen LogP contribution is 2.45. The monoisotopic (exact) mass is 514 g/mol. The standard InChI is InChI=1S/C29H42O4.C2H4O2/c1-9-13-22-19-26(33-24(22)10-2)28(11-3,12-4)23-14-15-25(21(5)18-23)30-20-29(27(6,7)8)31-16-17-32-29;1-4-2-3/h9-10,13-15,18-19,22,24H,2,11-12,16-17,20H2,1,3-8H3;2H,1H3/b13-9+;. The van der Waals surface area contributed by atoms with Gasteiger partial charge in [-0.15, -0.1) is 0 Å². The lowest BCUT2D eigenvalue weighted by atomic mass is 9.73. The lowest BCUT2D eigenvalue weighted by Gasteiger charge is -2.39. The number of hydrogen-bond donors (Lipinski definition) is 0. The Morgan fingerprint density at radius 3 is 2.24 bits per heavy atom. The van der Waals surface area contributed by atoms with E-state index < -0.39 is 5.79 Å². The first-order chi connectivity index (χ1) is 17.6. The fourth-order valence-corrected chi connectivity index (χ4v) is 5.02. The van der Waals surface area contributed by atoms with Crippen molar-refractivity contribution >= 4 is 6.47 Å². The average molecular weight is 515 g/mol. The van der Waals surface area contributed by atoms with E-state index in [-0.39, 0.29) is 22.9 Å². The number of carbonyl (C=O) groups is 1. The van der Waals surface area contributed by atoms with Crippen LogP contribution in [0, 0.1) is 18.3 Å². The molecule has 2 atom stereocenters. The van der Waals surface area contributed by atoms with Gasteiger partial charge in [0.15, 0.2) is 0 Å². The van der Waals surface area contributed by atoms with Gasteiger partial charge in [0.25, 0.3) is 6.47 Å². The molecule has 0 aliphatic carbocycles. The molecule has 0 amide bonds. The lowest BCUT2D eigenvalue weighted by Crippen LogP contribution is -2.49. The van der Waals surface area contributed by atoms with E-state index >= 15 is 0 Å². The van der Waals surface area contributed by atoms with Crippen LogP contribution in [0.15, 0.2) is 54.8 Å². The van der Waals surface area contributed by atoms with E-state index in [4.69, 9.17) is 23.7 Å². The summed E-state index contributed by atoms with van der Waals surface area (Å²) >= 11 is 0. The van der Waals surface area contributed by atoms with Crippen LogP contribution in [0.25, 0.3) is 0 Å². The molecular weight excluding hydrogens is 468 g/mol. The number of carbonyl (C=O) groups excluding carboxylic acids is 1. The molecule has 0 saturated carbocycles. The summed E-state index contributed by atoms with van der Waals surface area (Å²) in [4.78, 5) is 8.95. The summed E-state index contributed by atoms with van der Waals surface area (Å²) in [6.45, 7) is 20.9. The number of benzene rings is 1. The molecule has 3 rings (SSSR count). The van der Waals surface area contributed by atoms with Gasteiger partial charge in [0.2, 0.25) is 5.79 Å². The van der Waals surface area contributed by atoms with E-state index in [2.05, 4.69) is 89.3 Å². The smallest absolute Gasteiger partial charge is 0.292 e. The Hall–Kier alpha value is -2.57. The Morgan fingerprint density at radius 1 is 1.16 bits per heavy atom. The Labute approximate surface area is 223 Å². The van der Waals surface area contributed by atoms with E-state index in [1.54, 1.807) is 0 Å². The highest BCUT2D eigenvalue weighted by molar-refractivity contribution is 5.44. The Bertz CT molecular complexity index is 945. The molecule has 2 heterocycles. The van der Waals surface area contributed by atoms with Crippen LogP contribution < -0.4 is 4.74 Å². The molecule has 1 aromatic rings. The SMILES string of the molecule is C=CC1OC(C(CC)(CC)c2ccc(OCC3(C(C)(C)C)OCCO3)c(C)c2)=CC1/C=C/C.COC=O. The van der Waals surface area contributed by atoms with E-state index in [0.29, 0.717) is 26.3 Å². The summed E-state index contributed by atoms with van der Waals surface area (Å²) in [5.74, 6) is 1.41. The number of methoxy groups -OCH3 is 1. The van der Waals surface area contributed by atoms with Gasteiger partial charge >= 0.3 is 0 Å². The van der Waals surface area contributed by atoms with Gasteiger partial charge in [0, 0.05) is 11.3 Å². The predicted octanol–water partition coefficient (Wildman–Crippen LogP) is 6.67. The zero-order chi connectivity index (χ0) is 27.7. The first-order valence-corrected chi connectivity index (χ1v) is 13.2. The summed E-state index contributed by atoms with van der Waals surface area (Å²) in [6.07, 6.45) is 10.4. The Kier molecular flexibility index (Phi) is 11.0. The van der Waals surface area contributed by atoms with Crippen molar-refractivity contribution in [2.45, 2.75) is 78.6 Å². The zero-order valence-corrected chi connectivity index (χ0v) is 24.0. The van der Waals surface area contributed by atoms with Gasteiger partial charge in [0.05, 0.1) is 25.7 Å². The van der Waals surface area contributed by atoms with E-state index in [9.17, 15) is 0 Å². The van der Waals surface area contributed by atoms with Crippen molar-refractivity contribution in [3.05, 3.63) is 66.0 Å². The van der Waals surface area contributed by atoms with Gasteiger partial charge in [0.1, 0.15) is 24.2 Å². The van der Waals surface area contributed by atoms with E-state index in [1.165, 1.54) is 12.7 Å². The quantitative estimate of drug-likeness (QED) is 0.257. The highest BCUT2D eigenvalue weighted by atomic mass is 16.8. The molecule has 6 heteroatoms. The molecule has 0 aromatic heterocycles. The third-order valence-electron chi connectivity index (χ3n) is 7.45. The second-order valence-electron chi connectivity index (χ2n) is 10.5. The second kappa shape index (κ2) is 13.3. The maximum absolute atomic E-state index is 8.95. The molecule has 6 nitrogen and oxygen atoms in total. The summed E-state index contributed by atoms with van der Waals surface area (Å²) in [5.41, 5.74) is 2.00. The fourth-order valence-electron chi connectivity index (χ4n) is 5.02. The van der Waals surface area contributed by atoms with Gasteiger partial charge in [-0.3, -0.25) is 4.79 Å². The maximum Gasteiger partial charge on any atom is 0.292 e. The second-order valence-corrected chi connectivity index (χ2v) is 10.5. The Morgan fingerprint density at radius 2 is 1.78 bits per heavy atom. The van der Waals surface area contributed by atoms with Crippen molar-refractivity contribution < 1.29 is 28.5 Å². The van der Waals surface area contributed by atoms with Crippen molar-refractivity contribution in [2.24, 2.45) is 11.3 Å². The molecule has 0 N–H and O–H groups in total. The summed E-state index contributed by atoms with van der Waals surface area (Å²) in [6, 6.07) is 6.52. The summed E-state index contributed by atoms with van der Waals surface area (Å²) in [5, 5.41) is 0. The van der Waals surface area contributed by atoms with Crippen molar-refractivity contribution in [2.75, 3.05) is 26.9 Å². The molecule has 2 unspecified atom stereocenters. The molecule has 1 aromatic carbocycles. The van der Waals surface area contributed by atoms with Crippen LogP contribution in [-0.4, -0.2) is 45.3 Å². The van der Waals surface area contributed by atoms with Gasteiger partial charge in [-0.1, -0.05) is 71.6 Å². The minimum absolute atomic E-state index is 0.0163. The van der Waals surface area contributed by atoms with Crippen LogP contribution in [0.5, 0.6) is 5.75 Å². The van der Waals surface area contributed by atoms with Crippen LogP contribution >= 0.6 is 0 Å². The van der Waals surface area contributed by atoms with Gasteiger partial charge in [-0.05, 0) is 50.0 Å². The van der Waals surface area contributed by atoms with Crippen LogP contribution in [0.1, 0.15) is 65.5 Å². The van der Waals surface area contributed by atoms with Gasteiger partial charge in [-0.25, -0.2) is 0 Å². The molecule has 0 radical (unpaired) electrons. The predicted molar refractivity (Wildman–Crippen MR) is 148 cm³/mol. The first-order valence-electron chi connectivity index (χ1n) is 13.2. The summed E-state index contributed by atoms with van der Waals surface area (Å²) < 4.78 is 28.6. The van der Waals surface area contributed by atoms with Crippen molar-refractivity contribution in [1.82, 2.24) is 0 Å². The topological polar surface area (TPSA) is 63.2 Å². The number of rotatable bonds is 10. The molecule has 37 heavy (non-hydrogen) atoms. The van der Waals surface area contributed by atoms with Crippen molar-refractivity contribution in [3.63, 3.8) is 0 Å². The molecular formula is C31H46O6. The third-order valence-corrected chi connectivity index (χ3v) is 7.45. The molecule has 0 spiro atoms. The largest absolute Gasteiger partial charge is 0.489 e. The van der Waals surface area contributed by atoms with Crippen LogP contribution in [-0.2, 0) is 29.2 Å². The maximum atomic E-state index is 8.95. The van der Waals surface area contributed by atoms with Gasteiger partial charge < -0.3 is 23.7 Å². The van der Waals surface area contributed by atoms with Crippen LogP contribution in [0.2, 0.25) is 0 Å². The van der Waals surface area contributed by atoms with Crippen molar-refractivity contribution in [3.8, 4) is 5.75 Å². The Balaban J connectivity index is 0.00000112. The molecule has 206 valence electrons. The first kappa shape index (κ1) is 30.7. The van der Waals surface area contributed by atoms with E-state index in [0.717, 1.165) is 29.9 Å². The molecule has 1 saturated heterocycles. The lowest BCUT2D eigenvalue weighted by molar-refractivity contribution is -0.237. The fraction of sp³-hybridized carbons (Fsp3) is 0.581. The van der Waals surface area contributed by atoms with E-state index in [1.807, 2.05) is 13.0 Å². The number of allylic oxidation sites excluding steroid dienone is 2. The molecule has 1 fully saturated rings.